The van der Waals surface area contributed by atoms with Crippen LogP contribution in [0.3, 0.4) is 0 Å². The molecule has 7 heteroatoms. The van der Waals surface area contributed by atoms with Gasteiger partial charge in [0, 0.05) is 19.2 Å². The molecule has 2 heterocycles. The van der Waals surface area contributed by atoms with Gasteiger partial charge in [-0.2, -0.15) is 0 Å². The van der Waals surface area contributed by atoms with Crippen molar-refractivity contribution in [1.29, 1.82) is 0 Å². The zero-order chi connectivity index (χ0) is 25.0. The van der Waals surface area contributed by atoms with E-state index in [-0.39, 0.29) is 17.6 Å². The second kappa shape index (κ2) is 10.7. The monoisotopic (exact) mass is 478 g/mol. The molecule has 1 N–H and O–H groups in total. The number of carbonyl (C=O) groups excluding carboxylic acids is 2. The number of anilines is 1. The van der Waals surface area contributed by atoms with Gasteiger partial charge in [-0.05, 0) is 93.6 Å². The SMILES string of the molecule is CC[C@]1(c2ccc(F)cc2)N=C(C)N(CCCN2CCC(c3cccc(NC(C)=O)c3)CC2)C1=O. The highest BCUT2D eigenvalue weighted by Crippen LogP contribution is 2.37. The summed E-state index contributed by atoms with van der Waals surface area (Å²) in [5, 5.41) is 2.87. The van der Waals surface area contributed by atoms with E-state index >= 15 is 0 Å². The second-order valence-electron chi connectivity index (χ2n) is 9.61. The van der Waals surface area contributed by atoms with Gasteiger partial charge in [0.1, 0.15) is 11.7 Å². The van der Waals surface area contributed by atoms with Crippen LogP contribution in [0.25, 0.3) is 0 Å². The fourth-order valence-corrected chi connectivity index (χ4v) is 5.38. The summed E-state index contributed by atoms with van der Waals surface area (Å²) in [4.78, 5) is 33.8. The molecular weight excluding hydrogens is 443 g/mol. The highest BCUT2D eigenvalue weighted by molar-refractivity contribution is 6.07. The van der Waals surface area contributed by atoms with Gasteiger partial charge in [0.2, 0.25) is 5.91 Å². The average molecular weight is 479 g/mol. The number of hydrogen-bond donors (Lipinski definition) is 1. The number of rotatable bonds is 8. The minimum absolute atomic E-state index is 0.0122. The lowest BCUT2D eigenvalue weighted by Crippen LogP contribution is -2.42. The van der Waals surface area contributed by atoms with E-state index in [0.717, 1.165) is 56.0 Å². The number of nitrogens with one attached hydrogen (secondary N) is 1. The van der Waals surface area contributed by atoms with Crippen molar-refractivity contribution in [1.82, 2.24) is 9.80 Å². The van der Waals surface area contributed by atoms with Crippen LogP contribution >= 0.6 is 0 Å². The summed E-state index contributed by atoms with van der Waals surface area (Å²) in [6.07, 6.45) is 3.58. The number of amidine groups is 1. The molecule has 2 amide bonds. The minimum Gasteiger partial charge on any atom is -0.326 e. The summed E-state index contributed by atoms with van der Waals surface area (Å²) in [6.45, 7) is 8.98. The summed E-state index contributed by atoms with van der Waals surface area (Å²) in [5.41, 5.74) is 1.94. The Morgan fingerprint density at radius 2 is 1.86 bits per heavy atom. The van der Waals surface area contributed by atoms with Crippen LogP contribution in [0, 0.1) is 5.82 Å². The van der Waals surface area contributed by atoms with Gasteiger partial charge >= 0.3 is 0 Å². The largest absolute Gasteiger partial charge is 0.326 e. The molecule has 2 aromatic rings. The lowest BCUT2D eigenvalue weighted by molar-refractivity contribution is -0.131. The van der Waals surface area contributed by atoms with Crippen molar-refractivity contribution in [2.75, 3.05) is 31.5 Å². The first-order chi connectivity index (χ1) is 16.8. The molecule has 0 spiro atoms. The van der Waals surface area contributed by atoms with Crippen molar-refractivity contribution in [2.45, 2.75) is 57.9 Å². The van der Waals surface area contributed by atoms with Crippen LogP contribution in [0.2, 0.25) is 0 Å². The summed E-state index contributed by atoms with van der Waals surface area (Å²) in [7, 11) is 0. The molecule has 186 valence electrons. The predicted octanol–water partition coefficient (Wildman–Crippen LogP) is 4.92. The first-order valence-electron chi connectivity index (χ1n) is 12.6. The van der Waals surface area contributed by atoms with Gasteiger partial charge in [0.05, 0.1) is 0 Å². The molecule has 2 aliphatic heterocycles. The Balaban J connectivity index is 1.29. The number of benzene rings is 2. The maximum absolute atomic E-state index is 13.4. The van der Waals surface area contributed by atoms with Gasteiger partial charge in [-0.3, -0.25) is 19.5 Å². The molecule has 6 nitrogen and oxygen atoms in total. The molecule has 2 aliphatic rings. The third kappa shape index (κ3) is 5.45. The van der Waals surface area contributed by atoms with Gasteiger partial charge in [-0.1, -0.05) is 31.2 Å². The van der Waals surface area contributed by atoms with E-state index in [1.54, 1.807) is 17.0 Å². The number of hydrogen-bond acceptors (Lipinski definition) is 4. The second-order valence-corrected chi connectivity index (χ2v) is 9.61. The molecule has 1 fully saturated rings. The van der Waals surface area contributed by atoms with Gasteiger partial charge in [0.15, 0.2) is 5.54 Å². The van der Waals surface area contributed by atoms with E-state index in [2.05, 4.69) is 22.3 Å². The Morgan fingerprint density at radius 3 is 2.51 bits per heavy atom. The third-order valence-electron chi connectivity index (χ3n) is 7.30. The fraction of sp³-hybridized carbons (Fsp3) is 0.464. The Kier molecular flexibility index (Phi) is 7.65. The first kappa shape index (κ1) is 25.0. The third-order valence-corrected chi connectivity index (χ3v) is 7.30. The highest BCUT2D eigenvalue weighted by atomic mass is 19.1. The van der Waals surface area contributed by atoms with E-state index in [0.29, 0.717) is 18.9 Å². The Hall–Kier alpha value is -3.06. The van der Waals surface area contributed by atoms with Crippen molar-refractivity contribution < 1.29 is 14.0 Å². The normalized spacial score (nSPS) is 21.3. The number of carbonyl (C=O) groups is 2. The zero-order valence-corrected chi connectivity index (χ0v) is 20.9. The number of amides is 2. The Morgan fingerprint density at radius 1 is 1.14 bits per heavy atom. The van der Waals surface area contributed by atoms with Crippen molar-refractivity contribution >= 4 is 23.3 Å². The van der Waals surface area contributed by atoms with Crippen LogP contribution in [0.1, 0.15) is 63.5 Å². The van der Waals surface area contributed by atoms with Crippen molar-refractivity contribution in [3.63, 3.8) is 0 Å². The van der Waals surface area contributed by atoms with E-state index in [9.17, 15) is 14.0 Å². The average Bonchev–Trinajstić information content (AvgIpc) is 3.10. The Bertz CT molecular complexity index is 1090. The van der Waals surface area contributed by atoms with Crippen LogP contribution in [0.5, 0.6) is 0 Å². The molecule has 1 saturated heterocycles. The maximum atomic E-state index is 13.4. The summed E-state index contributed by atoms with van der Waals surface area (Å²) in [6, 6.07) is 14.3. The maximum Gasteiger partial charge on any atom is 0.260 e. The Labute approximate surface area is 207 Å². The topological polar surface area (TPSA) is 65.0 Å². The summed E-state index contributed by atoms with van der Waals surface area (Å²) >= 11 is 0. The van der Waals surface area contributed by atoms with E-state index in [4.69, 9.17) is 4.99 Å². The molecule has 2 aromatic carbocycles. The number of likely N-dealkylation sites (tertiary alicyclic amines) is 1. The van der Waals surface area contributed by atoms with Crippen LogP contribution in [0.15, 0.2) is 53.5 Å². The van der Waals surface area contributed by atoms with Gasteiger partial charge in [-0.15, -0.1) is 0 Å². The molecule has 0 unspecified atom stereocenters. The standard InChI is InChI=1S/C28H35FN4O2/c1-4-28(24-9-11-25(29)12-10-24)27(35)33(20(2)31-28)16-6-15-32-17-13-22(14-18-32)23-7-5-8-26(19-23)30-21(3)34/h5,7-12,19,22H,4,6,13-18H2,1-3H3,(H,30,34)/t28-/m1/s1. The van der Waals surface area contributed by atoms with Crippen molar-refractivity contribution in [3.8, 4) is 0 Å². The first-order valence-corrected chi connectivity index (χ1v) is 12.6. The van der Waals surface area contributed by atoms with Crippen LogP contribution in [-0.4, -0.2) is 53.6 Å². The fourth-order valence-electron chi connectivity index (χ4n) is 5.38. The molecule has 0 bridgehead atoms. The molecule has 0 saturated carbocycles. The van der Waals surface area contributed by atoms with Gasteiger partial charge in [0.25, 0.3) is 5.91 Å². The molecule has 4 rings (SSSR count). The lowest BCUT2D eigenvalue weighted by atomic mass is 9.87. The highest BCUT2D eigenvalue weighted by Gasteiger charge is 2.46. The number of piperidine rings is 1. The summed E-state index contributed by atoms with van der Waals surface area (Å²) in [5.74, 6) is 0.853. The van der Waals surface area contributed by atoms with Gasteiger partial charge < -0.3 is 10.2 Å². The molecule has 1 atom stereocenters. The molecule has 0 radical (unpaired) electrons. The molecule has 35 heavy (non-hydrogen) atoms. The smallest absolute Gasteiger partial charge is 0.260 e. The van der Waals surface area contributed by atoms with Crippen LogP contribution in [0.4, 0.5) is 10.1 Å². The number of nitrogens with zero attached hydrogens (tertiary/aromatic N) is 3. The number of halogens is 1. The van der Waals surface area contributed by atoms with Gasteiger partial charge in [-0.25, -0.2) is 4.39 Å². The van der Waals surface area contributed by atoms with E-state index < -0.39 is 5.54 Å². The van der Waals surface area contributed by atoms with Crippen molar-refractivity contribution in [2.24, 2.45) is 4.99 Å². The molecule has 0 aromatic heterocycles. The molecule has 0 aliphatic carbocycles. The molecular formula is C28H35FN4O2. The predicted molar refractivity (Wildman–Crippen MR) is 137 cm³/mol. The minimum atomic E-state index is -0.943. The lowest BCUT2D eigenvalue weighted by Gasteiger charge is -2.33. The number of aliphatic imine (C=N–C) groups is 1. The van der Waals surface area contributed by atoms with Crippen LogP contribution < -0.4 is 5.32 Å². The van der Waals surface area contributed by atoms with E-state index in [1.807, 2.05) is 26.0 Å². The van der Waals surface area contributed by atoms with Crippen LogP contribution in [-0.2, 0) is 15.1 Å². The van der Waals surface area contributed by atoms with Crippen molar-refractivity contribution in [3.05, 3.63) is 65.5 Å². The zero-order valence-electron chi connectivity index (χ0n) is 20.9. The quantitative estimate of drug-likeness (QED) is 0.586. The summed E-state index contributed by atoms with van der Waals surface area (Å²) < 4.78 is 13.4. The van der Waals surface area contributed by atoms with E-state index in [1.165, 1.54) is 24.6 Å².